The first-order valence-electron chi connectivity index (χ1n) is 7.04. The number of ether oxygens (including phenoxy) is 1. The third-order valence-corrected chi connectivity index (χ3v) is 3.08. The maximum absolute atomic E-state index is 12.0. The van der Waals surface area contributed by atoms with Gasteiger partial charge in [-0.2, -0.15) is 5.10 Å². The highest BCUT2D eigenvalue weighted by Gasteiger charge is 2.05. The lowest BCUT2D eigenvalue weighted by atomic mass is 10.2. The summed E-state index contributed by atoms with van der Waals surface area (Å²) >= 11 is 5.83. The zero-order valence-corrected chi connectivity index (χ0v) is 13.5. The number of hydrazone groups is 1. The molecule has 0 bridgehead atoms. The van der Waals surface area contributed by atoms with Crippen molar-refractivity contribution in [3.8, 4) is 11.5 Å². The topological polar surface area (TPSA) is 70.9 Å². The Morgan fingerprint density at radius 3 is 2.61 bits per heavy atom. The molecule has 0 unspecified atom stereocenters. The molecule has 2 aromatic carbocycles. The number of benzene rings is 2. The number of aromatic hydroxyl groups is 1. The zero-order chi connectivity index (χ0) is 16.8. The van der Waals surface area contributed by atoms with E-state index >= 15 is 0 Å². The van der Waals surface area contributed by atoms with E-state index in [2.05, 4.69) is 10.5 Å². The Balaban J connectivity index is 1.99. The normalized spacial score (nSPS) is 11.0. The van der Waals surface area contributed by atoms with E-state index in [0.717, 1.165) is 0 Å². The summed E-state index contributed by atoms with van der Waals surface area (Å²) in [6, 6.07) is 11.3. The molecular formula is C17H17ClN2O3. The average Bonchev–Trinajstić information content (AvgIpc) is 2.50. The van der Waals surface area contributed by atoms with E-state index in [1.807, 2.05) is 13.8 Å². The van der Waals surface area contributed by atoms with Crippen LogP contribution in [-0.2, 0) is 0 Å². The van der Waals surface area contributed by atoms with Gasteiger partial charge in [0.2, 0.25) is 0 Å². The van der Waals surface area contributed by atoms with Gasteiger partial charge in [-0.25, -0.2) is 5.43 Å². The number of nitrogens with zero attached hydrogens (tertiary/aromatic N) is 1. The molecule has 5 nitrogen and oxygen atoms in total. The minimum atomic E-state index is -0.362. The van der Waals surface area contributed by atoms with Gasteiger partial charge in [0.1, 0.15) is 11.5 Å². The average molecular weight is 333 g/mol. The molecule has 0 saturated heterocycles. The maximum Gasteiger partial charge on any atom is 0.271 e. The van der Waals surface area contributed by atoms with Crippen molar-refractivity contribution in [2.24, 2.45) is 5.10 Å². The van der Waals surface area contributed by atoms with E-state index < -0.39 is 0 Å². The smallest absolute Gasteiger partial charge is 0.271 e. The van der Waals surface area contributed by atoms with Crippen LogP contribution in [-0.4, -0.2) is 23.3 Å². The van der Waals surface area contributed by atoms with Gasteiger partial charge >= 0.3 is 0 Å². The third-order valence-electron chi connectivity index (χ3n) is 2.85. The minimum absolute atomic E-state index is 0.0302. The SMILES string of the molecule is CC(C)Oc1ccc(C(=O)N/N=C/c2cc(Cl)ccc2O)cc1. The predicted molar refractivity (Wildman–Crippen MR) is 90.4 cm³/mol. The van der Waals surface area contributed by atoms with Crippen molar-refractivity contribution in [1.82, 2.24) is 5.43 Å². The Morgan fingerprint density at radius 2 is 1.96 bits per heavy atom. The summed E-state index contributed by atoms with van der Waals surface area (Å²) in [5.74, 6) is 0.366. The highest BCUT2D eigenvalue weighted by molar-refractivity contribution is 6.30. The molecule has 0 aliphatic rings. The number of hydrogen-bond donors (Lipinski definition) is 2. The Kier molecular flexibility index (Phi) is 5.60. The number of phenolic OH excluding ortho intramolecular Hbond substituents is 1. The Hall–Kier alpha value is -2.53. The largest absolute Gasteiger partial charge is 0.507 e. The van der Waals surface area contributed by atoms with Gasteiger partial charge < -0.3 is 9.84 Å². The van der Waals surface area contributed by atoms with Crippen LogP contribution < -0.4 is 10.2 Å². The number of phenols is 1. The molecule has 23 heavy (non-hydrogen) atoms. The fraction of sp³-hybridized carbons (Fsp3) is 0.176. The second kappa shape index (κ2) is 7.65. The van der Waals surface area contributed by atoms with E-state index in [9.17, 15) is 9.90 Å². The molecule has 2 rings (SSSR count). The third kappa shape index (κ3) is 5.00. The van der Waals surface area contributed by atoms with Crippen molar-refractivity contribution in [3.05, 3.63) is 58.6 Å². The zero-order valence-electron chi connectivity index (χ0n) is 12.8. The van der Waals surface area contributed by atoms with Gasteiger partial charge in [0, 0.05) is 16.1 Å². The van der Waals surface area contributed by atoms with Gasteiger partial charge in [-0.05, 0) is 56.3 Å². The first-order valence-corrected chi connectivity index (χ1v) is 7.42. The van der Waals surface area contributed by atoms with Crippen molar-refractivity contribution in [1.29, 1.82) is 0 Å². The number of halogens is 1. The number of rotatable bonds is 5. The van der Waals surface area contributed by atoms with Crippen LogP contribution in [0.3, 0.4) is 0 Å². The Morgan fingerprint density at radius 1 is 1.26 bits per heavy atom. The highest BCUT2D eigenvalue weighted by Crippen LogP contribution is 2.19. The second-order valence-electron chi connectivity index (χ2n) is 5.09. The van der Waals surface area contributed by atoms with Crippen molar-refractivity contribution in [2.75, 3.05) is 0 Å². The van der Waals surface area contributed by atoms with Gasteiger partial charge in [-0.1, -0.05) is 11.6 Å². The molecule has 0 aromatic heterocycles. The summed E-state index contributed by atoms with van der Waals surface area (Å²) in [5.41, 5.74) is 3.26. The summed E-state index contributed by atoms with van der Waals surface area (Å²) in [5, 5.41) is 13.9. The first-order chi connectivity index (χ1) is 11.0. The van der Waals surface area contributed by atoms with Gasteiger partial charge in [-0.3, -0.25) is 4.79 Å². The van der Waals surface area contributed by atoms with Crippen molar-refractivity contribution in [3.63, 3.8) is 0 Å². The summed E-state index contributed by atoms with van der Waals surface area (Å²) < 4.78 is 5.51. The van der Waals surface area contributed by atoms with Crippen LogP contribution in [0.4, 0.5) is 0 Å². The van der Waals surface area contributed by atoms with Crippen LogP contribution in [0, 0.1) is 0 Å². The van der Waals surface area contributed by atoms with Crippen LogP contribution >= 0.6 is 11.6 Å². The molecule has 0 fully saturated rings. The van der Waals surface area contributed by atoms with Gasteiger partial charge in [0.15, 0.2) is 0 Å². The second-order valence-corrected chi connectivity index (χ2v) is 5.53. The van der Waals surface area contributed by atoms with Crippen molar-refractivity contribution in [2.45, 2.75) is 20.0 Å². The van der Waals surface area contributed by atoms with Crippen molar-refractivity contribution >= 4 is 23.7 Å². The van der Waals surface area contributed by atoms with Gasteiger partial charge in [0.05, 0.1) is 12.3 Å². The lowest BCUT2D eigenvalue weighted by Crippen LogP contribution is -2.17. The maximum atomic E-state index is 12.0. The van der Waals surface area contributed by atoms with E-state index in [0.29, 0.717) is 21.9 Å². The fourth-order valence-electron chi connectivity index (χ4n) is 1.81. The molecule has 120 valence electrons. The number of amides is 1. The van der Waals surface area contributed by atoms with E-state index in [4.69, 9.17) is 16.3 Å². The summed E-state index contributed by atoms with van der Waals surface area (Å²) in [6.07, 6.45) is 1.40. The number of carbonyl (C=O) groups is 1. The van der Waals surface area contributed by atoms with Crippen LogP contribution in [0.25, 0.3) is 0 Å². The van der Waals surface area contributed by atoms with Crippen LogP contribution in [0.5, 0.6) is 11.5 Å². The number of hydrogen-bond acceptors (Lipinski definition) is 4. The molecule has 6 heteroatoms. The molecule has 0 heterocycles. The van der Waals surface area contributed by atoms with E-state index in [-0.39, 0.29) is 17.8 Å². The molecule has 2 N–H and O–H groups in total. The molecule has 0 spiro atoms. The molecule has 0 aliphatic heterocycles. The summed E-state index contributed by atoms with van der Waals surface area (Å²) in [7, 11) is 0. The standard InChI is InChI=1S/C17H17ClN2O3/c1-11(2)23-15-6-3-12(4-7-15)17(22)20-19-10-13-9-14(18)5-8-16(13)21/h3-11,21H,1-2H3,(H,20,22)/b19-10+. The predicted octanol–water partition coefficient (Wildman–Crippen LogP) is 3.60. The van der Waals surface area contributed by atoms with E-state index in [1.54, 1.807) is 36.4 Å². The quantitative estimate of drug-likeness (QED) is 0.649. The van der Waals surface area contributed by atoms with Crippen LogP contribution in [0.15, 0.2) is 47.6 Å². The summed E-state index contributed by atoms with van der Waals surface area (Å²) in [6.45, 7) is 3.86. The molecular weight excluding hydrogens is 316 g/mol. The van der Waals surface area contributed by atoms with Crippen molar-refractivity contribution < 1.29 is 14.6 Å². The monoisotopic (exact) mass is 332 g/mol. The highest BCUT2D eigenvalue weighted by atomic mass is 35.5. The van der Waals surface area contributed by atoms with Gasteiger partial charge in [-0.15, -0.1) is 0 Å². The van der Waals surface area contributed by atoms with Crippen LogP contribution in [0.2, 0.25) is 5.02 Å². The molecule has 0 atom stereocenters. The van der Waals surface area contributed by atoms with E-state index in [1.165, 1.54) is 12.3 Å². The Bertz CT molecular complexity index is 712. The number of nitrogens with one attached hydrogen (secondary N) is 1. The summed E-state index contributed by atoms with van der Waals surface area (Å²) in [4.78, 5) is 12.0. The first kappa shape index (κ1) is 16.8. The molecule has 0 saturated carbocycles. The lowest BCUT2D eigenvalue weighted by Gasteiger charge is -2.09. The number of carbonyl (C=O) groups excluding carboxylic acids is 1. The Labute approximate surface area is 139 Å². The van der Waals surface area contributed by atoms with Crippen LogP contribution in [0.1, 0.15) is 29.8 Å². The molecule has 2 aromatic rings. The molecule has 1 amide bonds. The lowest BCUT2D eigenvalue weighted by molar-refractivity contribution is 0.0955. The van der Waals surface area contributed by atoms with Gasteiger partial charge in [0.25, 0.3) is 5.91 Å². The fourth-order valence-corrected chi connectivity index (χ4v) is 1.99. The molecule has 0 radical (unpaired) electrons. The molecule has 0 aliphatic carbocycles. The minimum Gasteiger partial charge on any atom is -0.507 e.